The maximum Gasteiger partial charge on any atom is 0.120 e. The van der Waals surface area contributed by atoms with Gasteiger partial charge in [-0.05, 0) is 56.2 Å². The Morgan fingerprint density at radius 1 is 1.05 bits per heavy atom. The van der Waals surface area contributed by atoms with E-state index in [9.17, 15) is 0 Å². The minimum absolute atomic E-state index is 0.138. The second-order valence-corrected chi connectivity index (χ2v) is 7.49. The number of benzene rings is 1. The molecule has 1 nitrogen and oxygen atoms in total. The summed E-state index contributed by atoms with van der Waals surface area (Å²) in [7, 11) is 0. The van der Waals surface area contributed by atoms with Gasteiger partial charge in [-0.3, -0.25) is 0 Å². The molecule has 0 saturated heterocycles. The third-order valence-corrected chi connectivity index (χ3v) is 3.31. The van der Waals surface area contributed by atoms with Crippen LogP contribution >= 0.6 is 0 Å². The molecule has 0 aliphatic heterocycles. The van der Waals surface area contributed by atoms with E-state index in [1.807, 2.05) is 0 Å². The van der Waals surface area contributed by atoms with Crippen molar-refractivity contribution in [3.8, 4) is 5.75 Å². The molecule has 1 atom stereocenters. The predicted molar refractivity (Wildman–Crippen MR) is 83.9 cm³/mol. The Bertz CT molecular complexity index is 393. The van der Waals surface area contributed by atoms with Crippen LogP contribution in [0.5, 0.6) is 5.75 Å². The van der Waals surface area contributed by atoms with Gasteiger partial charge in [-0.15, -0.1) is 0 Å². The van der Waals surface area contributed by atoms with Crippen LogP contribution in [0.2, 0.25) is 0 Å². The molecule has 0 aliphatic rings. The molecule has 108 valence electrons. The Balaban J connectivity index is 3.02. The van der Waals surface area contributed by atoms with Gasteiger partial charge in [0.05, 0.1) is 0 Å². The van der Waals surface area contributed by atoms with Crippen molar-refractivity contribution in [2.75, 3.05) is 0 Å². The lowest BCUT2D eigenvalue weighted by atomic mass is 9.74. The molecule has 0 bridgehead atoms. The summed E-state index contributed by atoms with van der Waals surface area (Å²) >= 11 is 0. The topological polar surface area (TPSA) is 9.23 Å². The molecule has 1 rings (SSSR count). The molecule has 0 fully saturated rings. The number of rotatable bonds is 4. The zero-order chi connectivity index (χ0) is 14.7. The number of hydrogen-bond acceptors (Lipinski definition) is 1. The zero-order valence-corrected chi connectivity index (χ0v) is 13.7. The molecule has 1 unspecified atom stereocenters. The molecule has 19 heavy (non-hydrogen) atoms. The van der Waals surface area contributed by atoms with E-state index in [4.69, 9.17) is 4.74 Å². The van der Waals surface area contributed by atoms with Crippen molar-refractivity contribution in [1.29, 1.82) is 0 Å². The van der Waals surface area contributed by atoms with Gasteiger partial charge in [0.15, 0.2) is 0 Å². The van der Waals surface area contributed by atoms with E-state index in [2.05, 4.69) is 72.7 Å². The second kappa shape index (κ2) is 5.98. The Morgan fingerprint density at radius 2 is 1.68 bits per heavy atom. The van der Waals surface area contributed by atoms with E-state index in [0.29, 0.717) is 5.92 Å². The summed E-state index contributed by atoms with van der Waals surface area (Å²) in [4.78, 5) is 0. The van der Waals surface area contributed by atoms with Crippen LogP contribution in [-0.4, -0.2) is 5.60 Å². The van der Waals surface area contributed by atoms with E-state index in [1.165, 1.54) is 18.4 Å². The van der Waals surface area contributed by atoms with Gasteiger partial charge in [-0.25, -0.2) is 0 Å². The number of hydrogen-bond donors (Lipinski definition) is 0. The lowest BCUT2D eigenvalue weighted by molar-refractivity contribution is 0.130. The molecule has 0 aromatic heterocycles. The molecule has 1 heteroatoms. The maximum atomic E-state index is 5.98. The second-order valence-electron chi connectivity index (χ2n) is 7.49. The first-order valence-electron chi connectivity index (χ1n) is 7.42. The van der Waals surface area contributed by atoms with Gasteiger partial charge < -0.3 is 4.74 Å². The summed E-state index contributed by atoms with van der Waals surface area (Å²) in [5.41, 5.74) is 1.55. The van der Waals surface area contributed by atoms with Crippen molar-refractivity contribution in [3.63, 3.8) is 0 Å². The molecule has 0 radical (unpaired) electrons. The van der Waals surface area contributed by atoms with E-state index < -0.39 is 0 Å². The molecule has 1 aromatic carbocycles. The molecule has 0 heterocycles. The Hall–Kier alpha value is -0.980. The Morgan fingerprint density at radius 3 is 2.16 bits per heavy atom. The average molecular weight is 262 g/mol. The van der Waals surface area contributed by atoms with Crippen LogP contribution in [0.25, 0.3) is 0 Å². The fraction of sp³-hybridized carbons (Fsp3) is 0.667. The quantitative estimate of drug-likeness (QED) is 0.667. The summed E-state index contributed by atoms with van der Waals surface area (Å²) < 4.78 is 5.98. The van der Waals surface area contributed by atoms with Crippen LogP contribution in [-0.2, 0) is 0 Å². The lowest BCUT2D eigenvalue weighted by Crippen LogP contribution is -2.23. The fourth-order valence-corrected chi connectivity index (χ4v) is 2.54. The molecule has 0 amide bonds. The van der Waals surface area contributed by atoms with Gasteiger partial charge >= 0.3 is 0 Å². The number of ether oxygens (including phenoxy) is 1. The minimum atomic E-state index is -0.138. The smallest absolute Gasteiger partial charge is 0.120 e. The van der Waals surface area contributed by atoms with Crippen molar-refractivity contribution in [1.82, 2.24) is 0 Å². The summed E-state index contributed by atoms with van der Waals surface area (Å²) in [6, 6.07) is 8.63. The highest BCUT2D eigenvalue weighted by Gasteiger charge is 2.25. The molecule has 0 spiro atoms. The standard InChI is InChI=1S/C18H30O/c1-8-10-16(17(2,3)4)14-11-9-12-15(13-14)19-18(5,6)7/h9,11-13,16H,8,10H2,1-7H3. The zero-order valence-electron chi connectivity index (χ0n) is 13.7. The van der Waals surface area contributed by atoms with E-state index in [1.54, 1.807) is 0 Å². The molecular formula is C18H30O. The Labute approximate surface area is 119 Å². The third kappa shape index (κ3) is 5.26. The van der Waals surface area contributed by atoms with Crippen LogP contribution in [0.15, 0.2) is 24.3 Å². The molecule has 0 saturated carbocycles. The van der Waals surface area contributed by atoms with Crippen molar-refractivity contribution < 1.29 is 4.74 Å². The van der Waals surface area contributed by atoms with E-state index in [-0.39, 0.29) is 11.0 Å². The SMILES string of the molecule is CCCC(c1cccc(OC(C)(C)C)c1)C(C)(C)C. The first kappa shape index (κ1) is 16.1. The highest BCUT2D eigenvalue weighted by molar-refractivity contribution is 5.32. The maximum absolute atomic E-state index is 5.98. The molecule has 0 N–H and O–H groups in total. The van der Waals surface area contributed by atoms with Gasteiger partial charge in [0, 0.05) is 0 Å². The van der Waals surface area contributed by atoms with Crippen LogP contribution in [0, 0.1) is 5.41 Å². The fourth-order valence-electron chi connectivity index (χ4n) is 2.54. The first-order chi connectivity index (χ1) is 8.63. The summed E-state index contributed by atoms with van der Waals surface area (Å²) in [5.74, 6) is 1.57. The molecular weight excluding hydrogens is 232 g/mol. The predicted octanol–water partition coefficient (Wildman–Crippen LogP) is 5.79. The van der Waals surface area contributed by atoms with Crippen molar-refractivity contribution in [2.24, 2.45) is 5.41 Å². The Kier molecular flexibility index (Phi) is 5.06. The normalized spacial score (nSPS) is 14.3. The summed E-state index contributed by atoms with van der Waals surface area (Å²) in [6.07, 6.45) is 2.44. The minimum Gasteiger partial charge on any atom is -0.488 e. The van der Waals surface area contributed by atoms with Gasteiger partial charge in [0.2, 0.25) is 0 Å². The van der Waals surface area contributed by atoms with E-state index in [0.717, 1.165) is 5.75 Å². The largest absolute Gasteiger partial charge is 0.488 e. The van der Waals surface area contributed by atoms with Crippen molar-refractivity contribution in [2.45, 2.75) is 72.8 Å². The van der Waals surface area contributed by atoms with Gasteiger partial charge in [0.1, 0.15) is 11.4 Å². The van der Waals surface area contributed by atoms with Crippen molar-refractivity contribution >= 4 is 0 Å². The van der Waals surface area contributed by atoms with Gasteiger partial charge in [-0.1, -0.05) is 46.2 Å². The van der Waals surface area contributed by atoms with Gasteiger partial charge in [-0.2, -0.15) is 0 Å². The summed E-state index contributed by atoms with van der Waals surface area (Å²) in [5, 5.41) is 0. The van der Waals surface area contributed by atoms with Crippen molar-refractivity contribution in [3.05, 3.63) is 29.8 Å². The van der Waals surface area contributed by atoms with Crippen LogP contribution < -0.4 is 4.74 Å². The van der Waals surface area contributed by atoms with Crippen LogP contribution in [0.4, 0.5) is 0 Å². The molecule has 0 aliphatic carbocycles. The highest BCUT2D eigenvalue weighted by atomic mass is 16.5. The summed E-state index contributed by atoms with van der Waals surface area (Å²) in [6.45, 7) is 15.5. The monoisotopic (exact) mass is 262 g/mol. The van der Waals surface area contributed by atoms with E-state index >= 15 is 0 Å². The third-order valence-electron chi connectivity index (χ3n) is 3.31. The van der Waals surface area contributed by atoms with Crippen LogP contribution in [0.3, 0.4) is 0 Å². The lowest BCUT2D eigenvalue weighted by Gasteiger charge is -2.31. The molecule has 1 aromatic rings. The first-order valence-corrected chi connectivity index (χ1v) is 7.42. The van der Waals surface area contributed by atoms with Crippen LogP contribution in [0.1, 0.15) is 72.8 Å². The van der Waals surface area contributed by atoms with Gasteiger partial charge in [0.25, 0.3) is 0 Å². The highest BCUT2D eigenvalue weighted by Crippen LogP contribution is 2.39. The average Bonchev–Trinajstić information content (AvgIpc) is 2.22.